The molecule has 0 fully saturated rings. The molecule has 3 heteroatoms. The third kappa shape index (κ3) is 3.13. The molecule has 1 N–H and O–H groups in total. The zero-order valence-corrected chi connectivity index (χ0v) is 11.3. The van der Waals surface area contributed by atoms with Gasteiger partial charge >= 0.3 is 0 Å². The molecule has 0 heterocycles. The van der Waals surface area contributed by atoms with Crippen molar-refractivity contribution in [2.24, 2.45) is 0 Å². The van der Waals surface area contributed by atoms with E-state index in [2.05, 4.69) is 39.5 Å². The van der Waals surface area contributed by atoms with Crippen molar-refractivity contribution in [2.45, 2.75) is 17.3 Å². The lowest BCUT2D eigenvalue weighted by Crippen LogP contribution is -2.59. The molecule has 0 aliphatic carbocycles. The van der Waals surface area contributed by atoms with Crippen molar-refractivity contribution in [3.05, 3.63) is 76.1 Å². The van der Waals surface area contributed by atoms with Crippen molar-refractivity contribution >= 4 is 0 Å². The monoisotopic (exact) mass is 262 g/mol. The summed E-state index contributed by atoms with van der Waals surface area (Å²) in [6.45, 7) is 22.0. The lowest BCUT2D eigenvalue weighted by Gasteiger charge is -2.44. The topological polar surface area (TPSA) is 38.7 Å². The Morgan fingerprint density at radius 1 is 1.00 bits per heavy atom. The predicted molar refractivity (Wildman–Crippen MR) is 79.7 cm³/mol. The predicted octanol–water partition coefficient (Wildman–Crippen LogP) is 2.93. The van der Waals surface area contributed by atoms with E-state index in [0.29, 0.717) is 0 Å². The summed E-state index contributed by atoms with van der Waals surface area (Å²) in [7, 11) is 0. The minimum atomic E-state index is -1.59. The van der Waals surface area contributed by atoms with Crippen LogP contribution in [0.2, 0.25) is 0 Å². The molecule has 19 heavy (non-hydrogen) atoms. The molecule has 0 bridgehead atoms. The Morgan fingerprint density at radius 2 is 1.58 bits per heavy atom. The summed E-state index contributed by atoms with van der Waals surface area (Å²) in [5, 5.41) is 10.6. The van der Waals surface area contributed by atoms with Crippen LogP contribution >= 0.6 is 0 Å². The van der Waals surface area contributed by atoms with Gasteiger partial charge in [-0.25, -0.2) is 0 Å². The Hall–Kier alpha value is -1.84. The average molecular weight is 262 g/mol. The van der Waals surface area contributed by atoms with E-state index in [-0.39, 0.29) is 6.61 Å². The van der Waals surface area contributed by atoms with Crippen LogP contribution in [0, 0.1) is 0 Å². The fraction of sp³-hybridized carbons (Fsp3) is 0.250. The molecule has 0 spiro atoms. The van der Waals surface area contributed by atoms with E-state index in [4.69, 9.17) is 9.47 Å². The van der Waals surface area contributed by atoms with Gasteiger partial charge in [-0.3, -0.25) is 0 Å². The maximum absolute atomic E-state index is 10.6. The first kappa shape index (κ1) is 17.2. The molecule has 0 aromatic heterocycles. The largest absolute Gasteiger partial charge is 0.485 e. The van der Waals surface area contributed by atoms with E-state index in [9.17, 15) is 5.11 Å². The smallest absolute Gasteiger partial charge is 0.191 e. The molecule has 0 aliphatic rings. The summed E-state index contributed by atoms with van der Waals surface area (Å²) in [6, 6.07) is 0. The minimum absolute atomic E-state index is 0.261. The van der Waals surface area contributed by atoms with Crippen LogP contribution in [0.25, 0.3) is 0 Å². The van der Waals surface area contributed by atoms with E-state index in [1.165, 1.54) is 30.6 Å². The zero-order chi connectivity index (χ0) is 14.9. The second kappa shape index (κ2) is 7.56. The lowest BCUT2D eigenvalue weighted by molar-refractivity contribution is -0.135. The van der Waals surface area contributed by atoms with Gasteiger partial charge in [0.2, 0.25) is 0 Å². The summed E-state index contributed by atoms with van der Waals surface area (Å²) in [5.41, 5.74) is -2.95. The third-order valence-corrected chi connectivity index (χ3v) is 2.86. The summed E-state index contributed by atoms with van der Waals surface area (Å²) in [5.74, 6) is 0. The SMILES string of the molecule is C=CCOC(C=C)C(C=C)(OC=C)C(O)(C=C)C=C. The van der Waals surface area contributed by atoms with Crippen molar-refractivity contribution in [2.75, 3.05) is 6.61 Å². The second-order valence-corrected chi connectivity index (χ2v) is 3.79. The van der Waals surface area contributed by atoms with E-state index in [1.807, 2.05) is 0 Å². The molecule has 0 aliphatic heterocycles. The van der Waals surface area contributed by atoms with Gasteiger partial charge in [0.25, 0.3) is 0 Å². The standard InChI is InChI=1S/C16H22O3/c1-7-13-18-14(8-2)16(11-5,19-12-6)15(17,9-3)10-4/h7-12,14,17H,1-6,13H2. The van der Waals surface area contributed by atoms with Gasteiger partial charge in [0.15, 0.2) is 5.60 Å². The van der Waals surface area contributed by atoms with Crippen LogP contribution in [0.5, 0.6) is 0 Å². The maximum Gasteiger partial charge on any atom is 0.191 e. The van der Waals surface area contributed by atoms with Gasteiger partial charge in [0, 0.05) is 0 Å². The van der Waals surface area contributed by atoms with Crippen LogP contribution in [-0.4, -0.2) is 29.0 Å². The second-order valence-electron chi connectivity index (χ2n) is 3.79. The van der Waals surface area contributed by atoms with Gasteiger partial charge in [-0.1, -0.05) is 50.6 Å². The minimum Gasteiger partial charge on any atom is -0.485 e. The summed E-state index contributed by atoms with van der Waals surface area (Å²) in [6.07, 6.45) is 7.63. The van der Waals surface area contributed by atoms with Gasteiger partial charge in [-0.15, -0.1) is 13.2 Å². The Kier molecular flexibility index (Phi) is 6.83. The number of hydrogen-bond donors (Lipinski definition) is 1. The molecule has 0 saturated heterocycles. The highest BCUT2D eigenvalue weighted by molar-refractivity contribution is 5.30. The average Bonchev–Trinajstić information content (AvgIpc) is 2.45. The number of aliphatic hydroxyl groups is 1. The maximum atomic E-state index is 10.6. The molecular weight excluding hydrogens is 240 g/mol. The van der Waals surface area contributed by atoms with E-state index in [0.717, 1.165) is 0 Å². The van der Waals surface area contributed by atoms with Gasteiger partial charge in [-0.2, -0.15) is 0 Å². The first-order valence-corrected chi connectivity index (χ1v) is 5.78. The Morgan fingerprint density at radius 3 is 1.89 bits per heavy atom. The Labute approximate surface area is 115 Å². The van der Waals surface area contributed by atoms with Crippen molar-refractivity contribution < 1.29 is 14.6 Å². The highest BCUT2D eigenvalue weighted by atomic mass is 16.6. The number of hydrogen-bond acceptors (Lipinski definition) is 3. The van der Waals surface area contributed by atoms with Crippen LogP contribution in [0.1, 0.15) is 0 Å². The van der Waals surface area contributed by atoms with Gasteiger partial charge in [0.1, 0.15) is 11.7 Å². The fourth-order valence-electron chi connectivity index (χ4n) is 1.80. The molecule has 0 amide bonds. The van der Waals surface area contributed by atoms with Crippen LogP contribution in [0.3, 0.4) is 0 Å². The normalized spacial score (nSPS) is 15.4. The molecule has 3 nitrogen and oxygen atoms in total. The van der Waals surface area contributed by atoms with Gasteiger partial charge in [-0.05, 0) is 6.08 Å². The number of rotatable bonds is 11. The lowest BCUT2D eigenvalue weighted by atomic mass is 9.78. The molecule has 0 saturated carbocycles. The highest BCUT2D eigenvalue weighted by Gasteiger charge is 2.52. The van der Waals surface area contributed by atoms with Crippen molar-refractivity contribution in [3.63, 3.8) is 0 Å². The molecule has 104 valence electrons. The van der Waals surface area contributed by atoms with E-state index < -0.39 is 17.3 Å². The van der Waals surface area contributed by atoms with Crippen molar-refractivity contribution in [1.82, 2.24) is 0 Å². The van der Waals surface area contributed by atoms with Crippen molar-refractivity contribution in [1.29, 1.82) is 0 Å². The van der Waals surface area contributed by atoms with Gasteiger partial charge in [0.05, 0.1) is 12.9 Å². The first-order chi connectivity index (χ1) is 9.01. The summed E-state index contributed by atoms with van der Waals surface area (Å²) < 4.78 is 11.1. The third-order valence-electron chi connectivity index (χ3n) is 2.86. The fourth-order valence-corrected chi connectivity index (χ4v) is 1.80. The molecule has 2 atom stereocenters. The molecule has 0 radical (unpaired) electrons. The van der Waals surface area contributed by atoms with Crippen LogP contribution in [0.15, 0.2) is 76.1 Å². The summed E-state index contributed by atoms with van der Waals surface area (Å²) in [4.78, 5) is 0. The van der Waals surface area contributed by atoms with Crippen LogP contribution in [0.4, 0.5) is 0 Å². The highest BCUT2D eigenvalue weighted by Crippen LogP contribution is 2.36. The van der Waals surface area contributed by atoms with Crippen LogP contribution < -0.4 is 0 Å². The number of ether oxygens (including phenoxy) is 2. The molecule has 0 aromatic carbocycles. The molecule has 0 rings (SSSR count). The van der Waals surface area contributed by atoms with Gasteiger partial charge < -0.3 is 14.6 Å². The zero-order valence-electron chi connectivity index (χ0n) is 11.3. The molecular formula is C16H22O3. The quantitative estimate of drug-likeness (QED) is 0.459. The Balaban J connectivity index is 5.83. The van der Waals surface area contributed by atoms with E-state index in [1.54, 1.807) is 6.08 Å². The van der Waals surface area contributed by atoms with Crippen LogP contribution in [-0.2, 0) is 9.47 Å². The molecule has 0 aromatic rings. The summed E-state index contributed by atoms with van der Waals surface area (Å²) >= 11 is 0. The van der Waals surface area contributed by atoms with E-state index >= 15 is 0 Å². The molecule has 2 unspecified atom stereocenters. The van der Waals surface area contributed by atoms with Crippen molar-refractivity contribution in [3.8, 4) is 0 Å². The Bertz CT molecular complexity index is 362. The first-order valence-electron chi connectivity index (χ1n) is 5.78.